The van der Waals surface area contributed by atoms with E-state index in [1.54, 1.807) is 17.4 Å². The fourth-order valence-electron chi connectivity index (χ4n) is 1.97. The number of aromatic nitrogens is 1. The van der Waals surface area contributed by atoms with Gasteiger partial charge in [0.1, 0.15) is 0 Å². The lowest BCUT2D eigenvalue weighted by Crippen LogP contribution is -2.24. The zero-order chi connectivity index (χ0) is 16.2. The summed E-state index contributed by atoms with van der Waals surface area (Å²) in [6, 6.07) is 12.3. The van der Waals surface area contributed by atoms with E-state index in [1.807, 2.05) is 24.3 Å². The second-order valence-electron chi connectivity index (χ2n) is 4.84. The molecule has 5 nitrogen and oxygen atoms in total. The van der Waals surface area contributed by atoms with Gasteiger partial charge in [-0.1, -0.05) is 30.0 Å². The van der Waals surface area contributed by atoms with Crippen LogP contribution in [0.2, 0.25) is 0 Å². The molecule has 0 saturated carbocycles. The van der Waals surface area contributed by atoms with Crippen molar-refractivity contribution in [2.45, 2.75) is 10.9 Å². The second-order valence-corrected chi connectivity index (χ2v) is 7.09. The van der Waals surface area contributed by atoms with Crippen LogP contribution in [0.15, 0.2) is 46.8 Å². The molecule has 3 N–H and O–H groups in total. The Morgan fingerprint density at radius 1 is 1.17 bits per heavy atom. The van der Waals surface area contributed by atoms with E-state index in [4.69, 9.17) is 0 Å². The van der Waals surface area contributed by atoms with Gasteiger partial charge in [-0.3, -0.25) is 4.79 Å². The van der Waals surface area contributed by atoms with Crippen LogP contribution < -0.4 is 5.32 Å². The fourth-order valence-corrected chi connectivity index (χ4v) is 3.87. The molecule has 2 aromatic carbocycles. The molecule has 118 valence electrons. The third kappa shape index (κ3) is 3.94. The first-order valence-corrected chi connectivity index (χ1v) is 8.68. The highest BCUT2D eigenvalue weighted by molar-refractivity contribution is 8.01. The topological polar surface area (TPSA) is 82.5 Å². The molecule has 1 amide bonds. The summed E-state index contributed by atoms with van der Waals surface area (Å²) >= 11 is 2.97. The molecule has 1 aromatic heterocycles. The molecule has 1 heterocycles. The number of phenols is 2. The van der Waals surface area contributed by atoms with E-state index < -0.39 is 0 Å². The number of aromatic hydroxyl groups is 2. The number of hydrogen-bond acceptors (Lipinski definition) is 6. The number of para-hydroxylation sites is 1. The number of benzene rings is 2. The number of rotatable bonds is 5. The third-order valence-corrected chi connectivity index (χ3v) is 5.31. The minimum absolute atomic E-state index is 0.109. The zero-order valence-corrected chi connectivity index (χ0v) is 13.7. The van der Waals surface area contributed by atoms with E-state index in [0.29, 0.717) is 6.54 Å². The molecule has 0 atom stereocenters. The van der Waals surface area contributed by atoms with Gasteiger partial charge in [0.2, 0.25) is 5.91 Å². The summed E-state index contributed by atoms with van der Waals surface area (Å²) in [6.07, 6.45) is 0. The number of carbonyl (C=O) groups excluding carboxylic acids is 1. The molecule has 0 fully saturated rings. The van der Waals surface area contributed by atoms with Crippen molar-refractivity contribution in [2.24, 2.45) is 0 Å². The van der Waals surface area contributed by atoms with Gasteiger partial charge in [-0.2, -0.15) is 0 Å². The number of carbonyl (C=O) groups is 1. The molecule has 0 spiro atoms. The summed E-state index contributed by atoms with van der Waals surface area (Å²) in [6.45, 7) is 0.299. The van der Waals surface area contributed by atoms with Crippen LogP contribution in [0.3, 0.4) is 0 Å². The lowest BCUT2D eigenvalue weighted by molar-refractivity contribution is -0.118. The molecule has 3 aromatic rings. The largest absolute Gasteiger partial charge is 0.504 e. The van der Waals surface area contributed by atoms with Gasteiger partial charge in [0.25, 0.3) is 0 Å². The lowest BCUT2D eigenvalue weighted by Gasteiger charge is -2.05. The molecule has 0 aliphatic rings. The highest BCUT2D eigenvalue weighted by Crippen LogP contribution is 2.29. The number of nitrogens with zero attached hydrogens (tertiary/aromatic N) is 1. The van der Waals surface area contributed by atoms with Crippen molar-refractivity contribution in [3.63, 3.8) is 0 Å². The quantitative estimate of drug-likeness (QED) is 0.488. The van der Waals surface area contributed by atoms with Gasteiger partial charge in [-0.15, -0.1) is 11.3 Å². The minimum Gasteiger partial charge on any atom is -0.504 e. The number of thiazole rings is 1. The van der Waals surface area contributed by atoms with Crippen molar-refractivity contribution >= 4 is 39.2 Å². The fraction of sp³-hybridized carbons (Fsp3) is 0.125. The molecule has 0 radical (unpaired) electrons. The summed E-state index contributed by atoms with van der Waals surface area (Å²) in [5.41, 5.74) is 1.67. The number of amides is 1. The van der Waals surface area contributed by atoms with Gasteiger partial charge < -0.3 is 15.5 Å². The van der Waals surface area contributed by atoms with Gasteiger partial charge in [0, 0.05) is 6.54 Å². The van der Waals surface area contributed by atoms with E-state index in [1.165, 1.54) is 23.9 Å². The van der Waals surface area contributed by atoms with E-state index in [9.17, 15) is 15.0 Å². The van der Waals surface area contributed by atoms with Crippen LogP contribution >= 0.6 is 23.1 Å². The zero-order valence-electron chi connectivity index (χ0n) is 12.0. The van der Waals surface area contributed by atoms with Crippen LogP contribution in [0.1, 0.15) is 5.56 Å². The summed E-state index contributed by atoms with van der Waals surface area (Å²) in [5.74, 6) is -0.196. The Morgan fingerprint density at radius 2 is 2.00 bits per heavy atom. The van der Waals surface area contributed by atoms with Crippen LogP contribution in [-0.2, 0) is 11.3 Å². The first-order valence-electron chi connectivity index (χ1n) is 6.88. The van der Waals surface area contributed by atoms with Gasteiger partial charge in [0.15, 0.2) is 15.8 Å². The summed E-state index contributed by atoms with van der Waals surface area (Å²) in [4.78, 5) is 16.4. The molecular weight excluding hydrogens is 332 g/mol. The van der Waals surface area contributed by atoms with Crippen molar-refractivity contribution in [3.8, 4) is 11.5 Å². The van der Waals surface area contributed by atoms with Crippen molar-refractivity contribution in [1.82, 2.24) is 10.3 Å². The number of thioether (sulfide) groups is 1. The van der Waals surface area contributed by atoms with Crippen molar-refractivity contribution in [2.75, 3.05) is 5.75 Å². The highest BCUT2D eigenvalue weighted by Gasteiger charge is 2.08. The Balaban J connectivity index is 1.52. The predicted molar refractivity (Wildman–Crippen MR) is 92.0 cm³/mol. The van der Waals surface area contributed by atoms with E-state index in [0.717, 1.165) is 20.1 Å². The van der Waals surface area contributed by atoms with Crippen LogP contribution in [0.25, 0.3) is 10.2 Å². The molecule has 0 aliphatic carbocycles. The summed E-state index contributed by atoms with van der Waals surface area (Å²) in [7, 11) is 0. The van der Waals surface area contributed by atoms with Gasteiger partial charge in [0.05, 0.1) is 16.0 Å². The van der Waals surface area contributed by atoms with Gasteiger partial charge in [-0.25, -0.2) is 4.98 Å². The van der Waals surface area contributed by atoms with Crippen molar-refractivity contribution in [1.29, 1.82) is 0 Å². The SMILES string of the molecule is O=C(CSc1nc2ccccc2s1)NCc1ccc(O)c(O)c1. The average molecular weight is 346 g/mol. The van der Waals surface area contributed by atoms with Crippen molar-refractivity contribution < 1.29 is 15.0 Å². The van der Waals surface area contributed by atoms with E-state index in [-0.39, 0.29) is 23.2 Å². The summed E-state index contributed by atoms with van der Waals surface area (Å²) < 4.78 is 1.97. The maximum Gasteiger partial charge on any atom is 0.230 e. The Morgan fingerprint density at radius 3 is 2.78 bits per heavy atom. The Bertz CT molecular complexity index is 815. The van der Waals surface area contributed by atoms with Crippen LogP contribution in [0.4, 0.5) is 0 Å². The molecule has 3 rings (SSSR count). The van der Waals surface area contributed by atoms with Gasteiger partial charge >= 0.3 is 0 Å². The van der Waals surface area contributed by atoms with E-state index >= 15 is 0 Å². The first kappa shape index (κ1) is 15.6. The number of nitrogens with one attached hydrogen (secondary N) is 1. The maximum atomic E-state index is 11.9. The summed E-state index contributed by atoms with van der Waals surface area (Å²) in [5, 5.41) is 21.4. The van der Waals surface area contributed by atoms with E-state index in [2.05, 4.69) is 10.3 Å². The first-order chi connectivity index (χ1) is 11.1. The molecule has 23 heavy (non-hydrogen) atoms. The monoisotopic (exact) mass is 346 g/mol. The molecule has 0 saturated heterocycles. The standard InChI is InChI=1S/C16H14N2O3S2/c19-12-6-5-10(7-13(12)20)8-17-15(21)9-22-16-18-11-3-1-2-4-14(11)23-16/h1-7,19-20H,8-9H2,(H,17,21). The van der Waals surface area contributed by atoms with Crippen LogP contribution in [0.5, 0.6) is 11.5 Å². The molecule has 0 aliphatic heterocycles. The third-order valence-electron chi connectivity index (χ3n) is 3.13. The smallest absolute Gasteiger partial charge is 0.230 e. The Kier molecular flexibility index (Phi) is 4.68. The van der Waals surface area contributed by atoms with Crippen LogP contribution in [0, 0.1) is 0 Å². The molecule has 0 unspecified atom stereocenters. The number of hydrogen-bond donors (Lipinski definition) is 3. The number of phenolic OH excluding ortho intramolecular Hbond substituents is 2. The average Bonchev–Trinajstić information content (AvgIpc) is 2.97. The Labute approximate surface area is 141 Å². The molecule has 0 bridgehead atoms. The predicted octanol–water partition coefficient (Wildman–Crippen LogP) is 3.12. The second kappa shape index (κ2) is 6.89. The highest BCUT2D eigenvalue weighted by atomic mass is 32.2. The minimum atomic E-state index is -0.194. The number of fused-ring (bicyclic) bond motifs is 1. The normalized spacial score (nSPS) is 10.8. The lowest BCUT2D eigenvalue weighted by atomic mass is 10.2. The van der Waals surface area contributed by atoms with Crippen LogP contribution in [-0.4, -0.2) is 26.9 Å². The van der Waals surface area contributed by atoms with Crippen molar-refractivity contribution in [3.05, 3.63) is 48.0 Å². The molecular formula is C16H14N2O3S2. The molecule has 7 heteroatoms. The maximum absolute atomic E-state index is 11.9. The Hall–Kier alpha value is -2.25. The van der Waals surface area contributed by atoms with Gasteiger partial charge in [-0.05, 0) is 29.8 Å².